The number of hydrogen-bond donors (Lipinski definition) is 1. The highest BCUT2D eigenvalue weighted by Gasteiger charge is 2.22. The second-order valence-corrected chi connectivity index (χ2v) is 7.75. The van der Waals surface area contributed by atoms with E-state index in [1.54, 1.807) is 0 Å². The van der Waals surface area contributed by atoms with Crippen LogP contribution in [0, 0.1) is 6.92 Å². The fourth-order valence-electron chi connectivity index (χ4n) is 4.36. The molecule has 136 valence electrons. The molecule has 1 N–H and O–H groups in total. The topological polar surface area (TPSA) is 36.9 Å². The monoisotopic (exact) mass is 356 g/mol. The van der Waals surface area contributed by atoms with Crippen molar-refractivity contribution in [1.82, 2.24) is 19.7 Å². The molecule has 0 bridgehead atoms. The highest BCUT2D eigenvalue weighted by molar-refractivity contribution is 5.96. The minimum Gasteiger partial charge on any atom is -0.320 e. The molecular formula is C23H24N4. The summed E-state index contributed by atoms with van der Waals surface area (Å²) >= 11 is 0. The van der Waals surface area contributed by atoms with Crippen molar-refractivity contribution < 1.29 is 0 Å². The van der Waals surface area contributed by atoms with Crippen LogP contribution in [0.1, 0.15) is 29.3 Å². The van der Waals surface area contributed by atoms with Crippen LogP contribution in [0.5, 0.6) is 0 Å². The predicted octanol–water partition coefficient (Wildman–Crippen LogP) is 4.83. The minimum atomic E-state index is 1.02. The summed E-state index contributed by atoms with van der Waals surface area (Å²) in [7, 11) is 2.21. The Morgan fingerprint density at radius 1 is 1.19 bits per heavy atom. The number of rotatable bonds is 2. The molecule has 2 aromatic heterocycles. The average molecular weight is 356 g/mol. The van der Waals surface area contributed by atoms with Crippen LogP contribution in [-0.2, 0) is 13.0 Å². The zero-order valence-corrected chi connectivity index (χ0v) is 16.1. The highest BCUT2D eigenvalue weighted by atomic mass is 15.1. The average Bonchev–Trinajstić information content (AvgIpc) is 3.25. The fourth-order valence-corrected chi connectivity index (χ4v) is 4.36. The summed E-state index contributed by atoms with van der Waals surface area (Å²) in [6, 6.07) is 13.2. The van der Waals surface area contributed by atoms with Gasteiger partial charge >= 0.3 is 0 Å². The van der Waals surface area contributed by atoms with Gasteiger partial charge in [-0.3, -0.25) is 5.10 Å². The van der Waals surface area contributed by atoms with Gasteiger partial charge in [0, 0.05) is 42.2 Å². The lowest BCUT2D eigenvalue weighted by Gasteiger charge is -2.23. The fraction of sp³-hybridized carbons (Fsp3) is 0.261. The third kappa shape index (κ3) is 2.60. The molecule has 0 fully saturated rings. The van der Waals surface area contributed by atoms with Gasteiger partial charge in [-0.2, -0.15) is 5.10 Å². The SMILES string of the molecule is CC(=Cn1c2c(c3cc(C)ccc31)CN(C)CC2)c1cccc2[nH]ncc12. The zero-order chi connectivity index (χ0) is 18.5. The van der Waals surface area contributed by atoms with Crippen LogP contribution in [0.3, 0.4) is 0 Å². The number of aromatic nitrogens is 3. The Hall–Kier alpha value is -2.85. The van der Waals surface area contributed by atoms with Crippen molar-refractivity contribution in [2.75, 3.05) is 13.6 Å². The Labute approximate surface area is 159 Å². The molecule has 0 saturated carbocycles. The van der Waals surface area contributed by atoms with Gasteiger partial charge in [0.25, 0.3) is 0 Å². The minimum absolute atomic E-state index is 1.02. The maximum absolute atomic E-state index is 4.22. The van der Waals surface area contributed by atoms with E-state index in [-0.39, 0.29) is 0 Å². The van der Waals surface area contributed by atoms with E-state index in [2.05, 4.69) is 83.2 Å². The van der Waals surface area contributed by atoms with Crippen LogP contribution < -0.4 is 0 Å². The number of likely N-dealkylation sites (N-methyl/N-ethyl adjacent to an activating group) is 1. The lowest BCUT2D eigenvalue weighted by Crippen LogP contribution is -2.26. The number of hydrogen-bond acceptors (Lipinski definition) is 2. The first kappa shape index (κ1) is 16.3. The Balaban J connectivity index is 1.73. The largest absolute Gasteiger partial charge is 0.320 e. The summed E-state index contributed by atoms with van der Waals surface area (Å²) in [5.41, 5.74) is 9.12. The van der Waals surface area contributed by atoms with Crippen molar-refractivity contribution in [3.63, 3.8) is 0 Å². The van der Waals surface area contributed by atoms with Crippen molar-refractivity contribution in [2.45, 2.75) is 26.8 Å². The molecule has 0 radical (unpaired) electrons. The van der Waals surface area contributed by atoms with Crippen LogP contribution in [0.25, 0.3) is 33.6 Å². The number of benzene rings is 2. The van der Waals surface area contributed by atoms with E-state index in [0.717, 1.165) is 25.0 Å². The third-order valence-corrected chi connectivity index (χ3v) is 5.77. The van der Waals surface area contributed by atoms with Gasteiger partial charge in [0.05, 0.1) is 17.2 Å². The summed E-state index contributed by atoms with van der Waals surface area (Å²) in [6.45, 7) is 6.50. The van der Waals surface area contributed by atoms with E-state index in [4.69, 9.17) is 0 Å². The Morgan fingerprint density at radius 3 is 2.96 bits per heavy atom. The maximum atomic E-state index is 4.22. The Kier molecular flexibility index (Phi) is 3.69. The molecule has 0 unspecified atom stereocenters. The molecule has 1 aliphatic heterocycles. The molecule has 1 aliphatic rings. The van der Waals surface area contributed by atoms with Crippen LogP contribution in [0.15, 0.2) is 42.6 Å². The normalized spacial score (nSPS) is 15.6. The molecule has 4 aromatic rings. The summed E-state index contributed by atoms with van der Waals surface area (Å²) < 4.78 is 2.42. The predicted molar refractivity (Wildman–Crippen MR) is 113 cm³/mol. The van der Waals surface area contributed by atoms with E-state index in [0.29, 0.717) is 0 Å². The second-order valence-electron chi connectivity index (χ2n) is 7.75. The molecule has 0 atom stereocenters. The van der Waals surface area contributed by atoms with Crippen molar-refractivity contribution >= 4 is 33.6 Å². The second kappa shape index (κ2) is 6.10. The van der Waals surface area contributed by atoms with Crippen molar-refractivity contribution in [2.24, 2.45) is 0 Å². The summed E-state index contributed by atoms with van der Waals surface area (Å²) in [4.78, 5) is 2.41. The quantitative estimate of drug-likeness (QED) is 0.558. The molecule has 0 saturated heterocycles. The van der Waals surface area contributed by atoms with Crippen molar-refractivity contribution in [3.05, 3.63) is 65.0 Å². The maximum Gasteiger partial charge on any atom is 0.0656 e. The van der Waals surface area contributed by atoms with Gasteiger partial charge in [-0.15, -0.1) is 0 Å². The third-order valence-electron chi connectivity index (χ3n) is 5.77. The van der Waals surface area contributed by atoms with Gasteiger partial charge in [0.15, 0.2) is 0 Å². The summed E-state index contributed by atoms with van der Waals surface area (Å²) in [5, 5.41) is 9.85. The van der Waals surface area contributed by atoms with Gasteiger partial charge in [0.1, 0.15) is 0 Å². The molecule has 2 aromatic carbocycles. The molecule has 5 rings (SSSR count). The highest BCUT2D eigenvalue weighted by Crippen LogP contribution is 2.33. The van der Waals surface area contributed by atoms with E-state index >= 15 is 0 Å². The van der Waals surface area contributed by atoms with Crippen LogP contribution >= 0.6 is 0 Å². The first-order valence-electron chi connectivity index (χ1n) is 9.53. The Morgan fingerprint density at radius 2 is 2.07 bits per heavy atom. The first-order chi connectivity index (χ1) is 13.1. The molecule has 0 spiro atoms. The van der Waals surface area contributed by atoms with Crippen molar-refractivity contribution in [3.8, 4) is 0 Å². The van der Waals surface area contributed by atoms with Gasteiger partial charge in [0.2, 0.25) is 0 Å². The van der Waals surface area contributed by atoms with Crippen LogP contribution in [0.4, 0.5) is 0 Å². The van der Waals surface area contributed by atoms with Crippen molar-refractivity contribution in [1.29, 1.82) is 0 Å². The molecule has 0 amide bonds. The molecule has 3 heterocycles. The summed E-state index contributed by atoms with van der Waals surface area (Å²) in [5.74, 6) is 0. The number of nitrogens with zero attached hydrogens (tertiary/aromatic N) is 3. The Bertz CT molecular complexity index is 1190. The van der Waals surface area contributed by atoms with Gasteiger partial charge in [-0.1, -0.05) is 23.8 Å². The van der Waals surface area contributed by atoms with Crippen LogP contribution in [-0.4, -0.2) is 33.3 Å². The summed E-state index contributed by atoms with van der Waals surface area (Å²) in [6.07, 6.45) is 5.31. The van der Waals surface area contributed by atoms with Gasteiger partial charge < -0.3 is 9.47 Å². The lowest BCUT2D eigenvalue weighted by molar-refractivity contribution is 0.312. The number of fused-ring (bicyclic) bond motifs is 4. The number of H-pyrrole nitrogens is 1. The van der Waals surface area contributed by atoms with E-state index in [1.165, 1.54) is 44.2 Å². The number of aromatic amines is 1. The standard InChI is InChI=1S/C23H24N4/c1-15-7-8-22-18(11-15)20-14-26(3)10-9-23(20)27(22)13-16(2)17-5-4-6-21-19(17)12-24-25-21/h4-8,11-13H,9-10,14H2,1-3H3,(H,24,25). The molecular weight excluding hydrogens is 332 g/mol. The number of aryl methyl sites for hydroxylation is 1. The molecule has 27 heavy (non-hydrogen) atoms. The van der Waals surface area contributed by atoms with Gasteiger partial charge in [-0.25, -0.2) is 0 Å². The molecule has 0 aliphatic carbocycles. The number of allylic oxidation sites excluding steroid dienone is 1. The lowest BCUT2D eigenvalue weighted by atomic mass is 10.0. The van der Waals surface area contributed by atoms with E-state index < -0.39 is 0 Å². The first-order valence-corrected chi connectivity index (χ1v) is 9.53. The molecule has 4 heteroatoms. The van der Waals surface area contributed by atoms with Crippen LogP contribution in [0.2, 0.25) is 0 Å². The van der Waals surface area contributed by atoms with E-state index in [9.17, 15) is 0 Å². The van der Waals surface area contributed by atoms with Gasteiger partial charge in [-0.05, 0) is 55.8 Å². The zero-order valence-electron chi connectivity index (χ0n) is 16.1. The van der Waals surface area contributed by atoms with E-state index in [1.807, 2.05) is 6.20 Å². The smallest absolute Gasteiger partial charge is 0.0656 e. The molecule has 4 nitrogen and oxygen atoms in total. The number of nitrogens with one attached hydrogen (secondary N) is 1.